The molecule has 1 aromatic heterocycles. The number of aliphatic carboxylic acids is 1. The van der Waals surface area contributed by atoms with Crippen LogP contribution in [0.25, 0.3) is 0 Å². The molecule has 2 atom stereocenters. The average molecular weight is 335 g/mol. The molecule has 9 heteroatoms. The third-order valence-corrected chi connectivity index (χ3v) is 5.56. The van der Waals surface area contributed by atoms with Crippen molar-refractivity contribution in [2.45, 2.75) is 31.2 Å². The normalized spacial score (nSPS) is 14.4. The van der Waals surface area contributed by atoms with Crippen molar-refractivity contribution in [2.75, 3.05) is 7.11 Å². The van der Waals surface area contributed by atoms with Gasteiger partial charge < -0.3 is 9.84 Å². The molecule has 1 rings (SSSR count). The molecule has 0 aliphatic rings. The van der Waals surface area contributed by atoms with Gasteiger partial charge in [0.15, 0.2) is 0 Å². The smallest absolute Gasteiger partial charge is 0.349 e. The summed E-state index contributed by atoms with van der Waals surface area (Å²) in [5.74, 6) is -2.43. The molecule has 2 unspecified atom stereocenters. The largest absolute Gasteiger partial charge is 0.480 e. The number of methoxy groups -OCH3 is 1. The average Bonchev–Trinajstić information content (AvgIpc) is 2.93. The molecular formula is C12H17NO6S2. The van der Waals surface area contributed by atoms with Crippen molar-refractivity contribution in [3.8, 4) is 0 Å². The van der Waals surface area contributed by atoms with E-state index in [9.17, 15) is 18.0 Å². The number of hydrogen-bond donors (Lipinski definition) is 2. The molecule has 1 aromatic rings. The Morgan fingerprint density at radius 2 is 2.10 bits per heavy atom. The molecule has 0 aromatic carbocycles. The van der Waals surface area contributed by atoms with Crippen molar-refractivity contribution in [2.24, 2.45) is 5.92 Å². The Morgan fingerprint density at radius 3 is 2.57 bits per heavy atom. The fraction of sp³-hybridized carbons (Fsp3) is 0.500. The number of rotatable bonds is 7. The summed E-state index contributed by atoms with van der Waals surface area (Å²) in [6.07, 6.45) is 0.493. The Labute approximate surface area is 127 Å². The highest BCUT2D eigenvalue weighted by atomic mass is 32.2. The van der Waals surface area contributed by atoms with Crippen LogP contribution in [0.2, 0.25) is 0 Å². The molecule has 118 valence electrons. The lowest BCUT2D eigenvalue weighted by molar-refractivity contribution is -0.140. The van der Waals surface area contributed by atoms with Gasteiger partial charge in [0.25, 0.3) is 0 Å². The maximum Gasteiger partial charge on any atom is 0.349 e. The van der Waals surface area contributed by atoms with Gasteiger partial charge in [0.05, 0.1) is 7.11 Å². The molecule has 0 fully saturated rings. The van der Waals surface area contributed by atoms with Gasteiger partial charge in [-0.05, 0) is 17.4 Å². The van der Waals surface area contributed by atoms with Crippen LogP contribution in [0.1, 0.15) is 29.9 Å². The fourth-order valence-corrected chi connectivity index (χ4v) is 4.26. The predicted molar refractivity (Wildman–Crippen MR) is 76.9 cm³/mol. The van der Waals surface area contributed by atoms with Gasteiger partial charge in [0.1, 0.15) is 15.8 Å². The van der Waals surface area contributed by atoms with Gasteiger partial charge in [-0.3, -0.25) is 4.79 Å². The van der Waals surface area contributed by atoms with E-state index in [2.05, 4.69) is 9.46 Å². The number of thiophene rings is 1. The van der Waals surface area contributed by atoms with Gasteiger partial charge in [-0.25, -0.2) is 13.2 Å². The zero-order valence-electron chi connectivity index (χ0n) is 11.8. The molecule has 0 saturated carbocycles. The van der Waals surface area contributed by atoms with Gasteiger partial charge in [-0.1, -0.05) is 20.3 Å². The first-order valence-corrected chi connectivity index (χ1v) is 8.51. The van der Waals surface area contributed by atoms with E-state index in [1.54, 1.807) is 13.8 Å². The first kappa shape index (κ1) is 17.6. The van der Waals surface area contributed by atoms with Crippen molar-refractivity contribution in [1.82, 2.24) is 4.72 Å². The third-order valence-electron chi connectivity index (χ3n) is 3.05. The second-order valence-electron chi connectivity index (χ2n) is 4.43. The van der Waals surface area contributed by atoms with Crippen molar-refractivity contribution in [3.63, 3.8) is 0 Å². The van der Waals surface area contributed by atoms with Crippen LogP contribution in [-0.4, -0.2) is 38.6 Å². The Kier molecular flexibility index (Phi) is 5.87. The van der Waals surface area contributed by atoms with Gasteiger partial charge in [-0.15, -0.1) is 11.3 Å². The molecule has 1 heterocycles. The topological polar surface area (TPSA) is 110 Å². The van der Waals surface area contributed by atoms with Crippen LogP contribution in [0.15, 0.2) is 16.3 Å². The lowest BCUT2D eigenvalue weighted by Crippen LogP contribution is -2.45. The minimum Gasteiger partial charge on any atom is -0.480 e. The Balaban J connectivity index is 3.14. The lowest BCUT2D eigenvalue weighted by Gasteiger charge is -2.20. The standard InChI is InChI=1S/C12H17NO6S2/c1-4-7(2)9(11(14)15)13-21(17,18)8-5-6-20-10(8)12(16)19-3/h5-7,9,13H,4H2,1-3H3,(H,14,15). The maximum atomic E-state index is 12.3. The van der Waals surface area contributed by atoms with E-state index < -0.39 is 33.9 Å². The van der Waals surface area contributed by atoms with Crippen molar-refractivity contribution >= 4 is 33.3 Å². The van der Waals surface area contributed by atoms with E-state index in [0.29, 0.717) is 6.42 Å². The second-order valence-corrected chi connectivity index (χ2v) is 7.03. The van der Waals surface area contributed by atoms with Crippen LogP contribution in [-0.2, 0) is 19.6 Å². The summed E-state index contributed by atoms with van der Waals surface area (Å²) in [7, 11) is -2.98. The van der Waals surface area contributed by atoms with Crippen LogP contribution in [0, 0.1) is 5.92 Å². The Hall–Kier alpha value is -1.45. The highest BCUT2D eigenvalue weighted by Gasteiger charge is 2.32. The number of carbonyl (C=O) groups excluding carboxylic acids is 1. The van der Waals surface area contributed by atoms with E-state index in [1.807, 2.05) is 0 Å². The molecule has 7 nitrogen and oxygen atoms in total. The molecule has 0 aliphatic carbocycles. The molecule has 0 spiro atoms. The third kappa shape index (κ3) is 4.02. The van der Waals surface area contributed by atoms with Gasteiger partial charge in [0, 0.05) is 0 Å². The highest BCUT2D eigenvalue weighted by Crippen LogP contribution is 2.23. The summed E-state index contributed by atoms with van der Waals surface area (Å²) in [6, 6.07) is -0.0141. The van der Waals surface area contributed by atoms with E-state index in [1.165, 1.54) is 11.4 Å². The molecule has 0 bridgehead atoms. The summed E-state index contributed by atoms with van der Waals surface area (Å²) in [5, 5.41) is 10.6. The summed E-state index contributed by atoms with van der Waals surface area (Å²) >= 11 is 0.918. The Morgan fingerprint density at radius 1 is 1.48 bits per heavy atom. The SMILES string of the molecule is CCC(C)C(NS(=O)(=O)c1ccsc1C(=O)OC)C(=O)O. The van der Waals surface area contributed by atoms with E-state index in [-0.39, 0.29) is 9.77 Å². The van der Waals surface area contributed by atoms with Gasteiger partial charge >= 0.3 is 11.9 Å². The molecule has 0 radical (unpaired) electrons. The molecule has 0 saturated heterocycles. The van der Waals surface area contributed by atoms with E-state index >= 15 is 0 Å². The number of carbonyl (C=O) groups is 2. The molecular weight excluding hydrogens is 318 g/mol. The highest BCUT2D eigenvalue weighted by molar-refractivity contribution is 7.89. The molecule has 21 heavy (non-hydrogen) atoms. The van der Waals surface area contributed by atoms with Crippen LogP contribution < -0.4 is 4.72 Å². The zero-order chi connectivity index (χ0) is 16.2. The first-order chi connectivity index (χ1) is 9.74. The van der Waals surface area contributed by atoms with Crippen molar-refractivity contribution in [3.05, 3.63) is 16.3 Å². The number of carboxylic acid groups (broad SMARTS) is 1. The van der Waals surface area contributed by atoms with Crippen molar-refractivity contribution in [1.29, 1.82) is 0 Å². The summed E-state index contributed by atoms with van der Waals surface area (Å²) in [4.78, 5) is 22.4. The Bertz CT molecular complexity index is 621. The minimum absolute atomic E-state index is 0.0849. The van der Waals surface area contributed by atoms with Gasteiger partial charge in [-0.2, -0.15) is 4.72 Å². The number of nitrogens with one attached hydrogen (secondary N) is 1. The van der Waals surface area contributed by atoms with Crippen molar-refractivity contribution < 1.29 is 27.9 Å². The lowest BCUT2D eigenvalue weighted by atomic mass is 10.0. The number of esters is 1. The van der Waals surface area contributed by atoms with Gasteiger partial charge in [0.2, 0.25) is 10.0 Å². The predicted octanol–water partition coefficient (Wildman–Crippen LogP) is 1.31. The van der Waals surface area contributed by atoms with Crippen LogP contribution in [0.5, 0.6) is 0 Å². The number of carboxylic acids is 1. The number of ether oxygens (including phenoxy) is 1. The maximum absolute atomic E-state index is 12.3. The van der Waals surface area contributed by atoms with Crippen LogP contribution in [0.3, 0.4) is 0 Å². The zero-order valence-corrected chi connectivity index (χ0v) is 13.5. The summed E-state index contributed by atoms with van der Waals surface area (Å²) in [6.45, 7) is 3.40. The second kappa shape index (κ2) is 7.01. The quantitative estimate of drug-likeness (QED) is 0.727. The molecule has 2 N–H and O–H groups in total. The number of sulfonamides is 1. The van der Waals surface area contributed by atoms with E-state index in [4.69, 9.17) is 5.11 Å². The monoisotopic (exact) mass is 335 g/mol. The minimum atomic E-state index is -4.12. The van der Waals surface area contributed by atoms with E-state index in [0.717, 1.165) is 18.4 Å². The van der Waals surface area contributed by atoms with Crippen LogP contribution >= 0.6 is 11.3 Å². The summed E-state index contributed by atoms with van der Waals surface area (Å²) < 4.78 is 31.2. The molecule has 0 aliphatic heterocycles. The summed E-state index contributed by atoms with van der Waals surface area (Å²) in [5.41, 5.74) is 0. The molecule has 0 amide bonds. The van der Waals surface area contributed by atoms with Crippen LogP contribution in [0.4, 0.5) is 0 Å². The fourth-order valence-electron chi connectivity index (χ4n) is 1.63. The number of hydrogen-bond acceptors (Lipinski definition) is 6. The first-order valence-electron chi connectivity index (χ1n) is 6.15.